The maximum Gasteiger partial charge on any atom is -1.00 e. The summed E-state index contributed by atoms with van der Waals surface area (Å²) in [6, 6.07) is 9.61. The quantitative estimate of drug-likeness (QED) is 0.460. The monoisotopic (exact) mass is 590 g/mol. The summed E-state index contributed by atoms with van der Waals surface area (Å²) in [5, 5.41) is 2.02. The Hall–Kier alpha value is 0.333. The summed E-state index contributed by atoms with van der Waals surface area (Å²) in [6.07, 6.45) is 29.6. The fourth-order valence-corrected chi connectivity index (χ4v) is 17.8. The topological polar surface area (TPSA) is 0 Å². The van der Waals surface area contributed by atoms with Crippen LogP contribution in [0, 0.1) is 5.92 Å². The van der Waals surface area contributed by atoms with Crippen molar-refractivity contribution in [3.8, 4) is 0 Å². The van der Waals surface area contributed by atoms with Gasteiger partial charge in [-0.25, -0.2) is 0 Å². The molecule has 3 atom stereocenters. The molecule has 3 saturated carbocycles. The molecule has 0 amide bonds. The van der Waals surface area contributed by atoms with Crippen LogP contribution in [0.4, 0.5) is 0 Å². The van der Waals surface area contributed by atoms with Crippen LogP contribution in [-0.4, -0.2) is 11.3 Å². The molecule has 0 bridgehead atoms. The van der Waals surface area contributed by atoms with Gasteiger partial charge in [0.05, 0.1) is 0 Å². The maximum absolute atomic E-state index is 2.78. The van der Waals surface area contributed by atoms with E-state index in [1.165, 1.54) is 83.5 Å². The molecule has 5 aliphatic carbocycles. The first-order valence-corrected chi connectivity index (χ1v) is 17.9. The first kappa shape index (κ1) is 27.4. The average Bonchev–Trinajstić information content (AvgIpc) is 3.43. The zero-order valence-electron chi connectivity index (χ0n) is 20.4. The van der Waals surface area contributed by atoms with Gasteiger partial charge in [0.25, 0.3) is 0 Å². The van der Waals surface area contributed by atoms with E-state index in [-0.39, 0.29) is 32.7 Å². The number of hydrogen-bond donors (Lipinski definition) is 0. The molecule has 182 valence electrons. The largest absolute Gasteiger partial charge is 1.00 e. The van der Waals surface area contributed by atoms with Crippen LogP contribution in [-0.2, 0) is 23.2 Å². The van der Waals surface area contributed by atoms with Gasteiger partial charge in [0.15, 0.2) is 0 Å². The van der Waals surface area contributed by atoms with E-state index in [0.29, 0.717) is 0 Å². The Kier molecular flexibility index (Phi) is 10.2. The number of fused-ring (bicyclic) bond motifs is 2. The molecule has 1 aromatic carbocycles. The second-order valence-electron chi connectivity index (χ2n) is 10.9. The molecule has 3 fully saturated rings. The van der Waals surface area contributed by atoms with Crippen LogP contribution in [0.15, 0.2) is 53.4 Å². The van der Waals surface area contributed by atoms with Gasteiger partial charge in [-0.1, -0.05) is 0 Å². The zero-order valence-corrected chi connectivity index (χ0v) is 25.3. The van der Waals surface area contributed by atoms with Crippen LogP contribution < -0.4 is 24.8 Å². The van der Waals surface area contributed by atoms with Crippen LogP contribution in [0.1, 0.15) is 98.2 Å². The molecule has 6 rings (SSSR count). The predicted octanol–water partition coefficient (Wildman–Crippen LogP) is 3.40. The molecular weight excluding hydrogens is 553 g/mol. The summed E-state index contributed by atoms with van der Waals surface area (Å²) in [6.45, 7) is 0. The van der Waals surface area contributed by atoms with Gasteiger partial charge in [0.2, 0.25) is 0 Å². The number of allylic oxidation sites excluding steroid dienone is 5. The van der Waals surface area contributed by atoms with Crippen molar-refractivity contribution in [3.63, 3.8) is 0 Å². The minimum atomic E-state index is -0.587. The van der Waals surface area contributed by atoms with Crippen molar-refractivity contribution < 1.29 is 48.0 Å². The van der Waals surface area contributed by atoms with Crippen molar-refractivity contribution in [3.05, 3.63) is 64.5 Å². The van der Waals surface area contributed by atoms with Crippen molar-refractivity contribution in [1.82, 2.24) is 0 Å². The van der Waals surface area contributed by atoms with Crippen molar-refractivity contribution in [2.45, 2.75) is 102 Å². The van der Waals surface area contributed by atoms with Gasteiger partial charge in [0, 0.05) is 0 Å². The third-order valence-electron chi connectivity index (χ3n) is 9.03. The Balaban J connectivity index is 0.00000137. The molecule has 0 N–H and O–H groups in total. The van der Waals surface area contributed by atoms with Gasteiger partial charge in [-0.15, -0.1) is 0 Å². The summed E-state index contributed by atoms with van der Waals surface area (Å²) in [4.78, 5) is 0. The van der Waals surface area contributed by atoms with E-state index >= 15 is 0 Å². The molecule has 0 saturated heterocycles. The fraction of sp³-hybridized carbons (Fsp3) is 0.600. The molecule has 0 nitrogen and oxygen atoms in total. The number of benzene rings is 1. The Morgan fingerprint density at radius 1 is 0.765 bits per heavy atom. The standard InChI is InChI=1S/C21H28P.C9H11.2ClH.Zr/c1-3-11-19(12-4-1)22(20-13-5-2-6-14-20)21-15-17-9-7-8-10-18(17)16-21;1-2-5-9-7-3-6-8(9)4-1;;;/h7-10,15-16,19-20H,1-6,11-14H2;1-2,4,6,9H,3,5,7H2;2*1H;/q;;;;+2/p-2. The van der Waals surface area contributed by atoms with E-state index < -0.39 is 23.2 Å². The first-order chi connectivity index (χ1) is 15.9. The van der Waals surface area contributed by atoms with E-state index in [9.17, 15) is 0 Å². The number of halogens is 2. The van der Waals surface area contributed by atoms with E-state index in [2.05, 4.69) is 48.6 Å². The third-order valence-corrected chi connectivity index (χ3v) is 18.1. The van der Waals surface area contributed by atoms with Crippen molar-refractivity contribution in [2.24, 2.45) is 5.92 Å². The average molecular weight is 593 g/mol. The summed E-state index contributed by atoms with van der Waals surface area (Å²) < 4.78 is 1.86. The van der Waals surface area contributed by atoms with Crippen molar-refractivity contribution >= 4 is 14.0 Å². The third kappa shape index (κ3) is 5.59. The maximum atomic E-state index is 2.78. The van der Waals surface area contributed by atoms with Crippen molar-refractivity contribution in [1.29, 1.82) is 0 Å². The van der Waals surface area contributed by atoms with Crippen molar-refractivity contribution in [2.75, 3.05) is 0 Å². The summed E-state index contributed by atoms with van der Waals surface area (Å²) in [5.74, 6) is 0.896. The molecule has 34 heavy (non-hydrogen) atoms. The van der Waals surface area contributed by atoms with Crippen LogP contribution in [0.25, 0.3) is 6.08 Å². The van der Waals surface area contributed by atoms with Crippen LogP contribution in [0.2, 0.25) is 3.63 Å². The van der Waals surface area contributed by atoms with E-state index in [1.807, 2.05) is 10.9 Å². The summed E-state index contributed by atoms with van der Waals surface area (Å²) in [5.41, 5.74) is 7.32. The van der Waals surface area contributed by atoms with E-state index in [0.717, 1.165) is 24.5 Å². The van der Waals surface area contributed by atoms with Gasteiger partial charge >= 0.3 is 210 Å². The van der Waals surface area contributed by atoms with Crippen LogP contribution >= 0.6 is 7.92 Å². The van der Waals surface area contributed by atoms with Gasteiger partial charge in [-0.05, 0) is 0 Å². The second kappa shape index (κ2) is 12.7. The fourth-order valence-electron chi connectivity index (χ4n) is 7.44. The summed E-state index contributed by atoms with van der Waals surface area (Å²) in [7, 11) is 0.0469. The molecular formula is C30H39Cl2PZr. The predicted molar refractivity (Wildman–Crippen MR) is 136 cm³/mol. The normalized spacial score (nSPS) is 28.8. The SMILES string of the molecule is C1=CCC2CC[CH]([Zr+2][CH]3C(P(C4CCCCC4)C4CCCCC4)=Cc4ccccc43)C2=C1.[Cl-].[Cl-]. The van der Waals surface area contributed by atoms with Gasteiger partial charge in [-0.2, -0.15) is 0 Å². The minimum absolute atomic E-state index is 0. The van der Waals surface area contributed by atoms with Crippen LogP contribution in [0.3, 0.4) is 0 Å². The van der Waals surface area contributed by atoms with E-state index in [4.69, 9.17) is 0 Å². The zero-order chi connectivity index (χ0) is 21.3. The molecule has 4 heteroatoms. The number of hydrogen-bond acceptors (Lipinski definition) is 0. The minimum Gasteiger partial charge on any atom is -1.00 e. The number of rotatable bonds is 5. The molecule has 5 aliphatic rings. The Morgan fingerprint density at radius 2 is 1.44 bits per heavy atom. The molecule has 3 unspecified atom stereocenters. The Morgan fingerprint density at radius 3 is 2.15 bits per heavy atom. The van der Waals surface area contributed by atoms with Gasteiger partial charge in [-0.3, -0.25) is 0 Å². The molecule has 0 heterocycles. The molecule has 0 radical (unpaired) electrons. The van der Waals surface area contributed by atoms with E-state index in [1.54, 1.807) is 11.1 Å². The smallest absolute Gasteiger partial charge is 1.00 e. The second-order valence-corrected chi connectivity index (χ2v) is 17.7. The molecule has 0 aliphatic heterocycles. The first-order valence-electron chi connectivity index (χ1n) is 13.6. The molecule has 0 aromatic heterocycles. The molecule has 1 aromatic rings. The Labute approximate surface area is 233 Å². The summed E-state index contributed by atoms with van der Waals surface area (Å²) >= 11 is -0.587. The van der Waals surface area contributed by atoms with Gasteiger partial charge < -0.3 is 24.8 Å². The van der Waals surface area contributed by atoms with Crippen LogP contribution in [0.5, 0.6) is 0 Å². The molecule has 0 spiro atoms. The van der Waals surface area contributed by atoms with Gasteiger partial charge in [0.1, 0.15) is 0 Å². The Bertz CT molecular complexity index is 892.